The normalized spacial score (nSPS) is 23.9. The lowest BCUT2D eigenvalue weighted by atomic mass is 9.89. The molecule has 1 saturated heterocycles. The second-order valence-electron chi connectivity index (χ2n) is 4.48. The number of rotatable bonds is 2. The van der Waals surface area contributed by atoms with Gasteiger partial charge in [0.05, 0.1) is 5.56 Å². The summed E-state index contributed by atoms with van der Waals surface area (Å²) in [5, 5.41) is 11.9. The van der Waals surface area contributed by atoms with Gasteiger partial charge in [-0.2, -0.15) is 0 Å². The molecule has 0 aliphatic carbocycles. The fourth-order valence-electron chi connectivity index (χ4n) is 2.26. The summed E-state index contributed by atoms with van der Waals surface area (Å²) in [5.74, 6) is -3.13. The Morgan fingerprint density at radius 3 is 2.65 bits per heavy atom. The van der Waals surface area contributed by atoms with Gasteiger partial charge in [0.15, 0.2) is 0 Å². The molecule has 17 heavy (non-hydrogen) atoms. The highest BCUT2D eigenvalue weighted by Crippen LogP contribution is 2.33. The van der Waals surface area contributed by atoms with E-state index in [2.05, 4.69) is 5.32 Å². The summed E-state index contributed by atoms with van der Waals surface area (Å²) in [6, 6.07) is 1.73. The number of hydrogen-bond donors (Lipinski definition) is 2. The predicted octanol–water partition coefficient (Wildman–Crippen LogP) is 2.26. The van der Waals surface area contributed by atoms with Crippen LogP contribution < -0.4 is 5.32 Å². The molecule has 1 aliphatic heterocycles. The molecule has 1 atom stereocenters. The van der Waals surface area contributed by atoms with E-state index in [1.54, 1.807) is 6.92 Å². The number of carboxylic acid groups (broad SMARTS) is 1. The summed E-state index contributed by atoms with van der Waals surface area (Å²) < 4.78 is 27.0. The third kappa shape index (κ3) is 2.02. The highest BCUT2D eigenvalue weighted by Gasteiger charge is 2.33. The number of aromatic carboxylic acids is 1. The highest BCUT2D eigenvalue weighted by molar-refractivity contribution is 5.88. The Balaban J connectivity index is 2.54. The van der Waals surface area contributed by atoms with Crippen molar-refractivity contribution in [1.82, 2.24) is 5.32 Å². The Hall–Kier alpha value is -1.49. The van der Waals surface area contributed by atoms with Gasteiger partial charge in [-0.25, -0.2) is 13.6 Å². The van der Waals surface area contributed by atoms with Crippen molar-refractivity contribution in [3.8, 4) is 0 Å². The predicted molar refractivity (Wildman–Crippen MR) is 57.9 cm³/mol. The van der Waals surface area contributed by atoms with Gasteiger partial charge in [0.1, 0.15) is 11.6 Å². The molecule has 1 fully saturated rings. The van der Waals surface area contributed by atoms with Gasteiger partial charge >= 0.3 is 5.97 Å². The number of benzene rings is 1. The molecule has 1 unspecified atom stereocenters. The summed E-state index contributed by atoms with van der Waals surface area (Å²) >= 11 is 0. The molecule has 0 bridgehead atoms. The number of nitrogens with one attached hydrogen (secondary N) is 1. The van der Waals surface area contributed by atoms with Crippen molar-refractivity contribution >= 4 is 5.97 Å². The Morgan fingerprint density at radius 2 is 2.12 bits per heavy atom. The molecule has 1 aromatic carbocycles. The van der Waals surface area contributed by atoms with Crippen molar-refractivity contribution in [2.24, 2.45) is 0 Å². The van der Waals surface area contributed by atoms with Crippen molar-refractivity contribution in [2.45, 2.75) is 25.3 Å². The summed E-state index contributed by atoms with van der Waals surface area (Å²) in [6.07, 6.45) is 1.59. The lowest BCUT2D eigenvalue weighted by molar-refractivity contribution is 0.0691. The maximum atomic E-state index is 13.7. The Morgan fingerprint density at radius 1 is 1.41 bits per heavy atom. The molecule has 0 aromatic heterocycles. The smallest absolute Gasteiger partial charge is 0.338 e. The fraction of sp³-hybridized carbons (Fsp3) is 0.417. The molecule has 5 heteroatoms. The van der Waals surface area contributed by atoms with E-state index in [1.807, 2.05) is 0 Å². The molecule has 0 saturated carbocycles. The van der Waals surface area contributed by atoms with Crippen LogP contribution in [0.2, 0.25) is 0 Å². The monoisotopic (exact) mass is 241 g/mol. The van der Waals surface area contributed by atoms with Crippen molar-refractivity contribution in [1.29, 1.82) is 0 Å². The maximum absolute atomic E-state index is 13.7. The average molecular weight is 241 g/mol. The van der Waals surface area contributed by atoms with Crippen molar-refractivity contribution in [3.05, 3.63) is 34.9 Å². The molecule has 1 aromatic rings. The van der Waals surface area contributed by atoms with Gasteiger partial charge in [0, 0.05) is 17.2 Å². The minimum Gasteiger partial charge on any atom is -0.478 e. The molecule has 0 spiro atoms. The third-order valence-corrected chi connectivity index (χ3v) is 3.25. The van der Waals surface area contributed by atoms with Gasteiger partial charge < -0.3 is 10.4 Å². The van der Waals surface area contributed by atoms with Crippen LogP contribution in [-0.4, -0.2) is 17.6 Å². The summed E-state index contributed by atoms with van der Waals surface area (Å²) in [5.41, 5.74) is -0.882. The second-order valence-corrected chi connectivity index (χ2v) is 4.48. The molecule has 0 amide bonds. The van der Waals surface area contributed by atoms with Crippen LogP contribution in [-0.2, 0) is 5.54 Å². The molecule has 92 valence electrons. The van der Waals surface area contributed by atoms with Gasteiger partial charge in [-0.05, 0) is 32.4 Å². The van der Waals surface area contributed by atoms with E-state index in [0.29, 0.717) is 12.5 Å². The zero-order chi connectivity index (χ0) is 12.6. The van der Waals surface area contributed by atoms with Crippen molar-refractivity contribution in [3.63, 3.8) is 0 Å². The van der Waals surface area contributed by atoms with Crippen molar-refractivity contribution < 1.29 is 18.7 Å². The first kappa shape index (κ1) is 12.0. The van der Waals surface area contributed by atoms with Gasteiger partial charge in [0.2, 0.25) is 0 Å². The number of carbonyl (C=O) groups is 1. The van der Waals surface area contributed by atoms with Gasteiger partial charge in [-0.1, -0.05) is 0 Å². The molecule has 3 nitrogen and oxygen atoms in total. The zero-order valence-corrected chi connectivity index (χ0v) is 9.39. The fourth-order valence-corrected chi connectivity index (χ4v) is 2.26. The van der Waals surface area contributed by atoms with E-state index in [9.17, 15) is 13.6 Å². The molecule has 2 rings (SSSR count). The molecular weight excluding hydrogens is 228 g/mol. The van der Waals surface area contributed by atoms with Crippen LogP contribution in [0.15, 0.2) is 12.1 Å². The average Bonchev–Trinajstić information content (AvgIpc) is 2.65. The Labute approximate surface area is 97.5 Å². The molecular formula is C12H13F2NO2. The lowest BCUT2D eigenvalue weighted by Gasteiger charge is -2.25. The van der Waals surface area contributed by atoms with Crippen LogP contribution in [0.4, 0.5) is 8.78 Å². The van der Waals surface area contributed by atoms with E-state index in [4.69, 9.17) is 5.11 Å². The van der Waals surface area contributed by atoms with Crippen LogP contribution >= 0.6 is 0 Å². The van der Waals surface area contributed by atoms with E-state index < -0.39 is 28.7 Å². The van der Waals surface area contributed by atoms with E-state index >= 15 is 0 Å². The first-order valence-corrected chi connectivity index (χ1v) is 5.42. The number of carboxylic acids is 1. The summed E-state index contributed by atoms with van der Waals surface area (Å²) in [6.45, 7) is 2.54. The highest BCUT2D eigenvalue weighted by atomic mass is 19.1. The van der Waals surface area contributed by atoms with E-state index in [-0.39, 0.29) is 5.56 Å². The molecule has 2 N–H and O–H groups in total. The maximum Gasteiger partial charge on any atom is 0.338 e. The summed E-state index contributed by atoms with van der Waals surface area (Å²) in [4.78, 5) is 10.8. The largest absolute Gasteiger partial charge is 0.478 e. The SMILES string of the molecule is CC1(c2cc(C(=O)O)c(F)cc2F)CCCN1. The Bertz CT molecular complexity index is 468. The van der Waals surface area contributed by atoms with Crippen LogP contribution in [0.25, 0.3) is 0 Å². The molecule has 1 aliphatic rings. The van der Waals surface area contributed by atoms with Crippen LogP contribution in [0.5, 0.6) is 0 Å². The number of hydrogen-bond acceptors (Lipinski definition) is 2. The Kier molecular flexibility index (Phi) is 2.87. The minimum atomic E-state index is -1.38. The van der Waals surface area contributed by atoms with E-state index in [0.717, 1.165) is 19.0 Å². The minimum absolute atomic E-state index is 0.216. The van der Waals surface area contributed by atoms with Crippen LogP contribution in [0.1, 0.15) is 35.7 Å². The second kappa shape index (κ2) is 4.07. The van der Waals surface area contributed by atoms with Gasteiger partial charge in [-0.3, -0.25) is 0 Å². The van der Waals surface area contributed by atoms with Crippen LogP contribution in [0, 0.1) is 11.6 Å². The van der Waals surface area contributed by atoms with E-state index in [1.165, 1.54) is 0 Å². The summed E-state index contributed by atoms with van der Waals surface area (Å²) in [7, 11) is 0. The third-order valence-electron chi connectivity index (χ3n) is 3.25. The zero-order valence-electron chi connectivity index (χ0n) is 9.39. The quantitative estimate of drug-likeness (QED) is 0.835. The van der Waals surface area contributed by atoms with Crippen LogP contribution in [0.3, 0.4) is 0 Å². The standard InChI is InChI=1S/C12H13F2NO2/c1-12(3-2-4-15-12)8-5-7(11(16)17)9(13)6-10(8)14/h5-6,15H,2-4H2,1H3,(H,16,17). The number of halogens is 2. The molecule has 1 heterocycles. The molecule has 0 radical (unpaired) electrons. The topological polar surface area (TPSA) is 49.3 Å². The lowest BCUT2D eigenvalue weighted by Crippen LogP contribution is -2.34. The van der Waals surface area contributed by atoms with Gasteiger partial charge in [-0.15, -0.1) is 0 Å². The van der Waals surface area contributed by atoms with Gasteiger partial charge in [0.25, 0.3) is 0 Å². The first-order valence-electron chi connectivity index (χ1n) is 5.42. The first-order chi connectivity index (χ1) is 7.94. The van der Waals surface area contributed by atoms with Crippen molar-refractivity contribution in [2.75, 3.05) is 6.54 Å².